The van der Waals surface area contributed by atoms with Crippen LogP contribution in [-0.2, 0) is 18.4 Å². The lowest BCUT2D eigenvalue weighted by Crippen LogP contribution is -2.41. The van der Waals surface area contributed by atoms with Gasteiger partial charge in [0.05, 0.1) is 18.0 Å². The molecule has 0 unspecified atom stereocenters. The number of benzene rings is 1. The number of nitrogens with zero attached hydrogens (tertiary/aromatic N) is 4. The minimum Gasteiger partial charge on any atom is -0.449 e. The van der Waals surface area contributed by atoms with Crippen molar-refractivity contribution >= 4 is 5.82 Å². The van der Waals surface area contributed by atoms with Crippen molar-refractivity contribution in [3.05, 3.63) is 59.4 Å². The van der Waals surface area contributed by atoms with Crippen molar-refractivity contribution < 1.29 is 9.52 Å². The molecular formula is C24H29N5O2. The van der Waals surface area contributed by atoms with Crippen molar-refractivity contribution in [1.29, 1.82) is 0 Å². The van der Waals surface area contributed by atoms with E-state index in [1.54, 1.807) is 6.26 Å². The summed E-state index contributed by atoms with van der Waals surface area (Å²) in [6, 6.07) is 10.2. The number of oxazole rings is 1. The molecule has 0 amide bonds. The molecule has 0 bridgehead atoms. The minimum atomic E-state index is 0.0844. The van der Waals surface area contributed by atoms with Crippen LogP contribution in [0, 0.1) is 6.92 Å². The zero-order valence-electron chi connectivity index (χ0n) is 18.0. The molecule has 1 aliphatic carbocycles. The highest BCUT2D eigenvalue weighted by molar-refractivity contribution is 5.62. The van der Waals surface area contributed by atoms with Crippen LogP contribution in [0.25, 0.3) is 11.4 Å². The number of hydrogen-bond donors (Lipinski definition) is 2. The Hall–Kier alpha value is -2.77. The molecule has 3 heterocycles. The van der Waals surface area contributed by atoms with E-state index in [4.69, 9.17) is 14.4 Å². The Kier molecular flexibility index (Phi) is 5.46. The number of anilines is 1. The second kappa shape index (κ2) is 8.40. The molecular weight excluding hydrogens is 390 g/mol. The van der Waals surface area contributed by atoms with Gasteiger partial charge in [0.15, 0.2) is 11.7 Å². The van der Waals surface area contributed by atoms with Crippen LogP contribution in [0.3, 0.4) is 0 Å². The van der Waals surface area contributed by atoms with Gasteiger partial charge in [-0.25, -0.2) is 15.0 Å². The Morgan fingerprint density at radius 1 is 1.10 bits per heavy atom. The van der Waals surface area contributed by atoms with Gasteiger partial charge in [0.2, 0.25) is 0 Å². The van der Waals surface area contributed by atoms with E-state index in [0.717, 1.165) is 74.1 Å². The smallest absolute Gasteiger partial charge is 0.191 e. The monoisotopic (exact) mass is 419 g/mol. The Morgan fingerprint density at radius 2 is 1.90 bits per heavy atom. The van der Waals surface area contributed by atoms with Crippen molar-refractivity contribution in [3.63, 3.8) is 0 Å². The molecule has 1 aliphatic heterocycles. The first-order valence-electron chi connectivity index (χ1n) is 11.1. The largest absolute Gasteiger partial charge is 0.449 e. The first-order chi connectivity index (χ1) is 15.2. The van der Waals surface area contributed by atoms with Crippen LogP contribution >= 0.6 is 0 Å². The molecule has 7 heteroatoms. The van der Waals surface area contributed by atoms with Crippen LogP contribution < -0.4 is 5.32 Å². The lowest BCUT2D eigenvalue weighted by atomic mass is 9.76. The molecule has 1 spiro atoms. The molecule has 0 radical (unpaired) electrons. The fraction of sp³-hybridized carbons (Fsp3) is 0.458. The molecule has 5 rings (SSSR count). The summed E-state index contributed by atoms with van der Waals surface area (Å²) in [6.07, 6.45) is 6.03. The summed E-state index contributed by atoms with van der Waals surface area (Å²) in [5.74, 6) is 2.37. The highest BCUT2D eigenvalue weighted by Crippen LogP contribution is 2.47. The lowest BCUT2D eigenvalue weighted by molar-refractivity contribution is 0.148. The summed E-state index contributed by atoms with van der Waals surface area (Å²) in [4.78, 5) is 16.9. The van der Waals surface area contributed by atoms with Gasteiger partial charge in [-0.1, -0.05) is 30.3 Å². The Morgan fingerprint density at radius 3 is 2.61 bits per heavy atom. The van der Waals surface area contributed by atoms with Crippen molar-refractivity contribution in [2.45, 2.75) is 44.6 Å². The molecule has 2 N–H and O–H groups in total. The standard InChI is InChI=1S/C24H29N5O2/c1-17-26-19(16-31-17)15-29-12-9-24(10-13-29)8-7-20-21(24)27-22(18-5-3-2-4-6-18)28-23(20)25-11-14-30/h2-6,16,30H,7-15H2,1H3,(H,25,27,28). The molecule has 2 aromatic heterocycles. The molecule has 1 fully saturated rings. The number of aliphatic hydroxyl groups is 1. The van der Waals surface area contributed by atoms with Crippen molar-refractivity contribution in [3.8, 4) is 11.4 Å². The van der Waals surface area contributed by atoms with Gasteiger partial charge in [-0.15, -0.1) is 0 Å². The number of nitrogens with one attached hydrogen (secondary N) is 1. The average Bonchev–Trinajstić information content (AvgIpc) is 3.38. The van der Waals surface area contributed by atoms with E-state index in [1.165, 1.54) is 11.3 Å². The third kappa shape index (κ3) is 3.95. The maximum absolute atomic E-state index is 9.33. The summed E-state index contributed by atoms with van der Waals surface area (Å²) in [6.45, 7) is 5.35. The van der Waals surface area contributed by atoms with Crippen LogP contribution in [0.2, 0.25) is 0 Å². The number of aromatic nitrogens is 3. The topological polar surface area (TPSA) is 87.3 Å². The molecule has 162 valence electrons. The molecule has 31 heavy (non-hydrogen) atoms. The Bertz CT molecular complexity index is 1040. The predicted octanol–water partition coefficient (Wildman–Crippen LogP) is 3.32. The molecule has 0 atom stereocenters. The zero-order valence-corrected chi connectivity index (χ0v) is 18.0. The summed E-state index contributed by atoms with van der Waals surface area (Å²) in [5, 5.41) is 12.7. The number of hydrogen-bond acceptors (Lipinski definition) is 7. The average molecular weight is 420 g/mol. The molecule has 0 saturated carbocycles. The molecule has 1 saturated heterocycles. The van der Waals surface area contributed by atoms with Gasteiger partial charge in [0.25, 0.3) is 0 Å². The van der Waals surface area contributed by atoms with Crippen LogP contribution in [0.15, 0.2) is 41.0 Å². The van der Waals surface area contributed by atoms with E-state index in [2.05, 4.69) is 27.3 Å². The summed E-state index contributed by atoms with van der Waals surface area (Å²) in [5.41, 5.74) is 4.57. The third-order valence-corrected chi connectivity index (χ3v) is 6.66. The SMILES string of the molecule is Cc1nc(CN2CCC3(CCc4c(NCCO)nc(-c5ccccc5)nc43)CC2)co1. The highest BCUT2D eigenvalue weighted by atomic mass is 16.3. The quantitative estimate of drug-likeness (QED) is 0.634. The second-order valence-electron chi connectivity index (χ2n) is 8.65. The van der Waals surface area contributed by atoms with Crippen LogP contribution in [0.4, 0.5) is 5.82 Å². The maximum Gasteiger partial charge on any atom is 0.191 e. The number of aliphatic hydroxyl groups excluding tert-OH is 1. The van der Waals surface area contributed by atoms with Crippen LogP contribution in [0.1, 0.15) is 42.1 Å². The summed E-state index contributed by atoms with van der Waals surface area (Å²) >= 11 is 0. The summed E-state index contributed by atoms with van der Waals surface area (Å²) < 4.78 is 5.37. The first kappa shape index (κ1) is 20.2. The van der Waals surface area contributed by atoms with Crippen LogP contribution in [-0.4, -0.2) is 51.2 Å². The lowest BCUT2D eigenvalue weighted by Gasteiger charge is -2.39. The highest BCUT2D eigenvalue weighted by Gasteiger charge is 2.44. The van der Waals surface area contributed by atoms with Gasteiger partial charge in [-0.05, 0) is 38.8 Å². The summed E-state index contributed by atoms with van der Waals surface area (Å²) in [7, 11) is 0. The van der Waals surface area contributed by atoms with Crippen molar-refractivity contribution in [1.82, 2.24) is 19.9 Å². The normalized spacial score (nSPS) is 17.7. The van der Waals surface area contributed by atoms with Gasteiger partial charge in [0, 0.05) is 36.6 Å². The number of likely N-dealkylation sites (tertiary alicyclic amines) is 1. The minimum absolute atomic E-state index is 0.0844. The van der Waals surface area contributed by atoms with E-state index < -0.39 is 0 Å². The number of fused-ring (bicyclic) bond motifs is 2. The number of piperidine rings is 1. The van der Waals surface area contributed by atoms with Gasteiger partial charge in [-0.2, -0.15) is 0 Å². The first-order valence-corrected chi connectivity index (χ1v) is 11.1. The number of rotatable bonds is 6. The predicted molar refractivity (Wildman–Crippen MR) is 119 cm³/mol. The Labute approximate surface area is 182 Å². The van der Waals surface area contributed by atoms with E-state index in [1.807, 2.05) is 25.1 Å². The van der Waals surface area contributed by atoms with E-state index >= 15 is 0 Å². The van der Waals surface area contributed by atoms with Gasteiger partial charge in [0.1, 0.15) is 12.1 Å². The van der Waals surface area contributed by atoms with Crippen molar-refractivity contribution in [2.24, 2.45) is 0 Å². The molecule has 2 aliphatic rings. The van der Waals surface area contributed by atoms with Crippen LogP contribution in [0.5, 0.6) is 0 Å². The fourth-order valence-electron chi connectivity index (χ4n) is 5.01. The fourth-order valence-corrected chi connectivity index (χ4v) is 5.01. The molecule has 3 aromatic rings. The maximum atomic E-state index is 9.33. The van der Waals surface area contributed by atoms with Gasteiger partial charge < -0.3 is 14.8 Å². The van der Waals surface area contributed by atoms with E-state index in [9.17, 15) is 5.11 Å². The van der Waals surface area contributed by atoms with E-state index in [0.29, 0.717) is 6.54 Å². The third-order valence-electron chi connectivity index (χ3n) is 6.66. The Balaban J connectivity index is 1.42. The van der Waals surface area contributed by atoms with Gasteiger partial charge in [-0.3, -0.25) is 4.90 Å². The van der Waals surface area contributed by atoms with E-state index in [-0.39, 0.29) is 12.0 Å². The zero-order chi connectivity index (χ0) is 21.3. The van der Waals surface area contributed by atoms with Gasteiger partial charge >= 0.3 is 0 Å². The molecule has 7 nitrogen and oxygen atoms in total. The molecule has 1 aromatic carbocycles. The second-order valence-corrected chi connectivity index (χ2v) is 8.65. The van der Waals surface area contributed by atoms with Crippen molar-refractivity contribution in [2.75, 3.05) is 31.6 Å². The number of aryl methyl sites for hydroxylation is 1.